The Balaban J connectivity index is 2.35. The minimum Gasteiger partial charge on any atom is -0.310 e. The zero-order valence-electron chi connectivity index (χ0n) is 11.7. The van der Waals surface area contributed by atoms with Crippen molar-refractivity contribution in [3.8, 4) is 17.2 Å². The smallest absolute Gasteiger partial charge is 0.131 e. The van der Waals surface area contributed by atoms with Gasteiger partial charge in [0, 0.05) is 18.2 Å². The van der Waals surface area contributed by atoms with Crippen LogP contribution in [-0.2, 0) is 6.54 Å². The molecule has 20 heavy (non-hydrogen) atoms. The first kappa shape index (κ1) is 14.2. The van der Waals surface area contributed by atoms with Crippen molar-refractivity contribution in [3.63, 3.8) is 0 Å². The minimum atomic E-state index is -0.270. The highest BCUT2D eigenvalue weighted by Crippen LogP contribution is 2.24. The van der Waals surface area contributed by atoms with Crippen LogP contribution >= 0.6 is 0 Å². The maximum atomic E-state index is 14.0. The van der Waals surface area contributed by atoms with Gasteiger partial charge in [-0.1, -0.05) is 32.0 Å². The molecule has 0 atom stereocenters. The predicted molar refractivity (Wildman–Crippen MR) is 78.5 cm³/mol. The van der Waals surface area contributed by atoms with Gasteiger partial charge in [-0.15, -0.1) is 0 Å². The first-order valence-electron chi connectivity index (χ1n) is 6.62. The topological polar surface area (TPSA) is 35.8 Å². The van der Waals surface area contributed by atoms with Crippen molar-refractivity contribution in [3.05, 3.63) is 59.4 Å². The molecule has 0 saturated heterocycles. The zero-order valence-corrected chi connectivity index (χ0v) is 11.7. The molecule has 2 rings (SSSR count). The molecule has 2 nitrogen and oxygen atoms in total. The van der Waals surface area contributed by atoms with E-state index in [2.05, 4.69) is 25.2 Å². The molecule has 0 aliphatic carbocycles. The van der Waals surface area contributed by atoms with Crippen LogP contribution in [0.3, 0.4) is 0 Å². The molecule has 0 heterocycles. The van der Waals surface area contributed by atoms with Crippen LogP contribution in [0.5, 0.6) is 0 Å². The van der Waals surface area contributed by atoms with Crippen LogP contribution in [0.15, 0.2) is 42.5 Å². The van der Waals surface area contributed by atoms with Gasteiger partial charge in [-0.3, -0.25) is 0 Å². The van der Waals surface area contributed by atoms with Crippen LogP contribution in [0, 0.1) is 17.1 Å². The summed E-state index contributed by atoms with van der Waals surface area (Å²) in [7, 11) is 0. The normalized spacial score (nSPS) is 10.6. The van der Waals surface area contributed by atoms with Gasteiger partial charge < -0.3 is 5.32 Å². The second-order valence-corrected chi connectivity index (χ2v) is 5.04. The van der Waals surface area contributed by atoms with Crippen molar-refractivity contribution in [2.45, 2.75) is 26.4 Å². The number of hydrogen-bond donors (Lipinski definition) is 1. The molecule has 0 radical (unpaired) electrons. The van der Waals surface area contributed by atoms with E-state index in [1.807, 2.05) is 12.1 Å². The second kappa shape index (κ2) is 6.31. The lowest BCUT2D eigenvalue weighted by Gasteiger charge is -2.10. The molecule has 102 valence electrons. The van der Waals surface area contributed by atoms with Gasteiger partial charge in [0.2, 0.25) is 0 Å². The number of benzene rings is 2. The SMILES string of the molecule is CC(C)NCc1ccc(F)c(-c2cccc(C#N)c2)c1. The molecule has 0 aromatic heterocycles. The fourth-order valence-corrected chi connectivity index (χ4v) is 1.98. The highest BCUT2D eigenvalue weighted by molar-refractivity contribution is 5.66. The van der Waals surface area contributed by atoms with Crippen molar-refractivity contribution in [1.82, 2.24) is 5.32 Å². The van der Waals surface area contributed by atoms with Gasteiger partial charge in [-0.25, -0.2) is 4.39 Å². The van der Waals surface area contributed by atoms with Crippen LogP contribution in [-0.4, -0.2) is 6.04 Å². The minimum absolute atomic E-state index is 0.270. The molecule has 2 aromatic rings. The summed E-state index contributed by atoms with van der Waals surface area (Å²) in [6.07, 6.45) is 0. The number of nitrogens with one attached hydrogen (secondary N) is 1. The van der Waals surface area contributed by atoms with Gasteiger partial charge in [-0.05, 0) is 35.4 Å². The molecule has 0 fully saturated rings. The quantitative estimate of drug-likeness (QED) is 0.914. The standard InChI is InChI=1S/C17H17FN2/c1-12(2)20-11-14-6-7-17(18)16(9-14)15-5-3-4-13(8-15)10-19/h3-9,12,20H,11H2,1-2H3. The average molecular weight is 268 g/mol. The van der Waals surface area contributed by atoms with E-state index in [9.17, 15) is 4.39 Å². The van der Waals surface area contributed by atoms with Crippen molar-refractivity contribution in [2.75, 3.05) is 0 Å². The maximum absolute atomic E-state index is 14.0. The lowest BCUT2D eigenvalue weighted by Crippen LogP contribution is -2.21. The average Bonchev–Trinajstić information content (AvgIpc) is 2.46. The van der Waals surface area contributed by atoms with E-state index in [1.54, 1.807) is 24.3 Å². The van der Waals surface area contributed by atoms with Crippen LogP contribution in [0.2, 0.25) is 0 Å². The molecular weight excluding hydrogens is 251 g/mol. The van der Waals surface area contributed by atoms with Crippen LogP contribution in [0.25, 0.3) is 11.1 Å². The van der Waals surface area contributed by atoms with Crippen LogP contribution < -0.4 is 5.32 Å². The summed E-state index contributed by atoms with van der Waals surface area (Å²) in [5.41, 5.74) is 2.82. The third-order valence-electron chi connectivity index (χ3n) is 3.05. The Hall–Kier alpha value is -2.18. The highest BCUT2D eigenvalue weighted by atomic mass is 19.1. The third kappa shape index (κ3) is 3.43. The molecule has 0 saturated carbocycles. The van der Waals surface area contributed by atoms with Crippen LogP contribution in [0.4, 0.5) is 4.39 Å². The number of hydrogen-bond acceptors (Lipinski definition) is 2. The van der Waals surface area contributed by atoms with Crippen LogP contribution in [0.1, 0.15) is 25.0 Å². The van der Waals surface area contributed by atoms with Gasteiger partial charge >= 0.3 is 0 Å². The first-order chi connectivity index (χ1) is 9.60. The zero-order chi connectivity index (χ0) is 14.5. The summed E-state index contributed by atoms with van der Waals surface area (Å²) in [6, 6.07) is 14.6. The van der Waals surface area contributed by atoms with E-state index in [-0.39, 0.29) is 5.82 Å². The van der Waals surface area contributed by atoms with Gasteiger partial charge in [0.05, 0.1) is 11.6 Å². The molecule has 2 aromatic carbocycles. The molecular formula is C17H17FN2. The Kier molecular flexibility index (Phi) is 4.49. The molecule has 3 heteroatoms. The lowest BCUT2D eigenvalue weighted by atomic mass is 10.0. The lowest BCUT2D eigenvalue weighted by molar-refractivity contribution is 0.586. The molecule has 0 amide bonds. The van der Waals surface area contributed by atoms with E-state index < -0.39 is 0 Å². The highest BCUT2D eigenvalue weighted by Gasteiger charge is 2.07. The van der Waals surface area contributed by atoms with Gasteiger partial charge in [0.25, 0.3) is 0 Å². The van der Waals surface area contributed by atoms with Crippen molar-refractivity contribution in [1.29, 1.82) is 5.26 Å². The summed E-state index contributed by atoms with van der Waals surface area (Å²) in [5.74, 6) is -0.270. The Morgan fingerprint density at radius 2 is 2.00 bits per heavy atom. The van der Waals surface area contributed by atoms with E-state index in [0.717, 1.165) is 11.1 Å². The van der Waals surface area contributed by atoms with E-state index >= 15 is 0 Å². The Morgan fingerprint density at radius 3 is 2.70 bits per heavy atom. The van der Waals surface area contributed by atoms with E-state index in [1.165, 1.54) is 6.07 Å². The predicted octanol–water partition coefficient (Wildman–Crippen LogP) is 3.86. The Bertz CT molecular complexity index is 642. The Morgan fingerprint density at radius 1 is 1.20 bits per heavy atom. The summed E-state index contributed by atoms with van der Waals surface area (Å²) >= 11 is 0. The van der Waals surface area contributed by atoms with Crippen molar-refractivity contribution < 1.29 is 4.39 Å². The fraction of sp³-hybridized carbons (Fsp3) is 0.235. The summed E-state index contributed by atoms with van der Waals surface area (Å²) in [4.78, 5) is 0. The second-order valence-electron chi connectivity index (χ2n) is 5.04. The van der Waals surface area contributed by atoms with Gasteiger partial charge in [0.15, 0.2) is 0 Å². The molecule has 0 aliphatic heterocycles. The van der Waals surface area contributed by atoms with Crippen molar-refractivity contribution in [2.24, 2.45) is 0 Å². The van der Waals surface area contributed by atoms with E-state index in [4.69, 9.17) is 5.26 Å². The van der Waals surface area contributed by atoms with E-state index in [0.29, 0.717) is 23.7 Å². The summed E-state index contributed by atoms with van der Waals surface area (Å²) < 4.78 is 14.0. The maximum Gasteiger partial charge on any atom is 0.131 e. The number of rotatable bonds is 4. The third-order valence-corrected chi connectivity index (χ3v) is 3.05. The number of nitriles is 1. The van der Waals surface area contributed by atoms with Gasteiger partial charge in [-0.2, -0.15) is 5.26 Å². The molecule has 1 N–H and O–H groups in total. The largest absolute Gasteiger partial charge is 0.310 e. The monoisotopic (exact) mass is 268 g/mol. The number of nitrogens with zero attached hydrogens (tertiary/aromatic N) is 1. The molecule has 0 bridgehead atoms. The van der Waals surface area contributed by atoms with Crippen molar-refractivity contribution >= 4 is 0 Å². The number of halogens is 1. The molecule has 0 unspecified atom stereocenters. The van der Waals surface area contributed by atoms with Gasteiger partial charge in [0.1, 0.15) is 5.82 Å². The summed E-state index contributed by atoms with van der Waals surface area (Å²) in [5, 5.41) is 12.2. The molecule has 0 aliphatic rings. The Labute approximate surface area is 118 Å². The molecule has 0 spiro atoms. The first-order valence-corrected chi connectivity index (χ1v) is 6.62. The fourth-order valence-electron chi connectivity index (χ4n) is 1.98. The summed E-state index contributed by atoms with van der Waals surface area (Å²) in [6.45, 7) is 4.84.